The first kappa shape index (κ1) is 18.0. The van der Waals surface area contributed by atoms with Gasteiger partial charge in [-0.05, 0) is 64.5 Å². The van der Waals surface area contributed by atoms with E-state index in [1.54, 1.807) is 43.5 Å². The number of halogens is 2. The van der Waals surface area contributed by atoms with Gasteiger partial charge in [-0.1, -0.05) is 0 Å². The lowest BCUT2D eigenvalue weighted by molar-refractivity contribution is 0.0949. The van der Waals surface area contributed by atoms with Crippen LogP contribution in [0.1, 0.15) is 16.1 Å². The predicted octanol–water partition coefficient (Wildman–Crippen LogP) is 3.98. The number of nitrogens with one attached hydrogen (secondary N) is 1. The highest BCUT2D eigenvalue weighted by molar-refractivity contribution is 9.10. The molecule has 1 aromatic heterocycles. The first-order chi connectivity index (χ1) is 12.6. The van der Waals surface area contributed by atoms with E-state index in [2.05, 4.69) is 31.2 Å². The minimum atomic E-state index is -0.306. The lowest BCUT2D eigenvalue weighted by atomic mass is 10.1. The van der Waals surface area contributed by atoms with Crippen molar-refractivity contribution >= 4 is 21.8 Å². The summed E-state index contributed by atoms with van der Waals surface area (Å²) in [6.07, 6.45) is 1.42. The van der Waals surface area contributed by atoms with E-state index >= 15 is 0 Å². The highest BCUT2D eigenvalue weighted by Crippen LogP contribution is 2.22. The molecular weight excluding hydrogens is 401 g/mol. The zero-order chi connectivity index (χ0) is 18.5. The molecule has 0 bridgehead atoms. The zero-order valence-electron chi connectivity index (χ0n) is 13.9. The van der Waals surface area contributed by atoms with Crippen molar-refractivity contribution in [2.75, 3.05) is 7.11 Å². The van der Waals surface area contributed by atoms with E-state index in [1.807, 2.05) is 0 Å². The van der Waals surface area contributed by atoms with Gasteiger partial charge in [0.2, 0.25) is 0 Å². The normalized spacial score (nSPS) is 10.4. The van der Waals surface area contributed by atoms with Gasteiger partial charge in [0.1, 0.15) is 17.9 Å². The van der Waals surface area contributed by atoms with Crippen LogP contribution in [0.2, 0.25) is 0 Å². The Morgan fingerprint density at radius 3 is 2.65 bits per heavy atom. The van der Waals surface area contributed by atoms with Gasteiger partial charge >= 0.3 is 0 Å². The van der Waals surface area contributed by atoms with Crippen molar-refractivity contribution in [2.45, 2.75) is 6.54 Å². The van der Waals surface area contributed by atoms with Crippen LogP contribution < -0.4 is 10.1 Å². The molecule has 132 valence electrons. The Morgan fingerprint density at radius 1 is 1.15 bits per heavy atom. The molecule has 0 unspecified atom stereocenters. The Labute approximate surface area is 158 Å². The molecule has 0 radical (unpaired) electrons. The first-order valence-corrected chi connectivity index (χ1v) is 8.54. The van der Waals surface area contributed by atoms with E-state index in [0.717, 1.165) is 5.56 Å². The number of aromatic nitrogens is 2. The lowest BCUT2D eigenvalue weighted by Crippen LogP contribution is -2.23. The predicted molar refractivity (Wildman–Crippen MR) is 99.3 cm³/mol. The monoisotopic (exact) mass is 415 g/mol. The molecule has 0 fully saturated rings. The lowest BCUT2D eigenvalue weighted by Gasteiger charge is -2.09. The van der Waals surface area contributed by atoms with Crippen LogP contribution in [-0.2, 0) is 6.54 Å². The number of hydrogen-bond donors (Lipinski definition) is 1. The fraction of sp³-hybridized carbons (Fsp3) is 0.105. The third-order valence-corrected chi connectivity index (χ3v) is 4.40. The number of amides is 1. The molecule has 1 N–H and O–H groups in total. The summed E-state index contributed by atoms with van der Waals surface area (Å²) >= 11 is 3.36. The molecule has 7 heteroatoms. The highest BCUT2D eigenvalue weighted by Gasteiger charge is 2.12. The first-order valence-electron chi connectivity index (χ1n) is 7.75. The number of hydrogen-bond acceptors (Lipinski definition) is 4. The van der Waals surface area contributed by atoms with Gasteiger partial charge in [-0.25, -0.2) is 14.4 Å². The summed E-state index contributed by atoms with van der Waals surface area (Å²) in [4.78, 5) is 20.8. The van der Waals surface area contributed by atoms with Gasteiger partial charge in [-0.15, -0.1) is 0 Å². The van der Waals surface area contributed by atoms with Crippen LogP contribution in [0.5, 0.6) is 5.75 Å². The van der Waals surface area contributed by atoms with Gasteiger partial charge < -0.3 is 10.1 Å². The van der Waals surface area contributed by atoms with Gasteiger partial charge in [0.25, 0.3) is 5.91 Å². The van der Waals surface area contributed by atoms with Crippen LogP contribution >= 0.6 is 15.9 Å². The third-order valence-electron chi connectivity index (χ3n) is 3.71. The van der Waals surface area contributed by atoms with Crippen molar-refractivity contribution in [3.8, 4) is 17.0 Å². The van der Waals surface area contributed by atoms with Crippen LogP contribution in [0.25, 0.3) is 11.3 Å². The fourth-order valence-corrected chi connectivity index (χ4v) is 2.77. The van der Waals surface area contributed by atoms with E-state index in [-0.39, 0.29) is 18.3 Å². The molecule has 1 heterocycles. The quantitative estimate of drug-likeness (QED) is 0.684. The Hall–Kier alpha value is -2.80. The van der Waals surface area contributed by atoms with Gasteiger partial charge in [0.05, 0.1) is 30.6 Å². The van der Waals surface area contributed by atoms with E-state index in [0.29, 0.717) is 27.2 Å². The average Bonchev–Trinajstić information content (AvgIpc) is 2.67. The zero-order valence-corrected chi connectivity index (χ0v) is 15.5. The SMILES string of the molecule is COc1ccc(Br)c(C(=O)NCc2cc(-c3ccc(F)cc3)ncn2)c1. The van der Waals surface area contributed by atoms with Gasteiger partial charge in [0, 0.05) is 10.0 Å². The van der Waals surface area contributed by atoms with Crippen LogP contribution in [-0.4, -0.2) is 23.0 Å². The standard InChI is InChI=1S/C19H15BrFN3O2/c1-26-15-6-7-17(20)16(9-15)19(25)22-10-14-8-18(24-11-23-14)12-2-4-13(21)5-3-12/h2-9,11H,10H2,1H3,(H,22,25). The van der Waals surface area contributed by atoms with Crippen molar-refractivity contribution in [3.05, 3.63) is 76.4 Å². The summed E-state index contributed by atoms with van der Waals surface area (Å²) in [5.41, 5.74) is 2.55. The van der Waals surface area contributed by atoms with Gasteiger partial charge in [-0.3, -0.25) is 4.79 Å². The number of carbonyl (C=O) groups excluding carboxylic acids is 1. The van der Waals surface area contributed by atoms with E-state index in [4.69, 9.17) is 4.74 Å². The molecule has 3 aromatic rings. The molecule has 0 atom stereocenters. The smallest absolute Gasteiger partial charge is 0.252 e. The Morgan fingerprint density at radius 2 is 1.92 bits per heavy atom. The molecule has 1 amide bonds. The van der Waals surface area contributed by atoms with Crippen LogP contribution in [0.3, 0.4) is 0 Å². The number of carbonyl (C=O) groups is 1. The second-order valence-electron chi connectivity index (χ2n) is 5.43. The number of methoxy groups -OCH3 is 1. The number of benzene rings is 2. The average molecular weight is 416 g/mol. The van der Waals surface area contributed by atoms with Crippen molar-refractivity contribution in [3.63, 3.8) is 0 Å². The summed E-state index contributed by atoms with van der Waals surface area (Å²) in [6, 6.07) is 13.0. The minimum absolute atomic E-state index is 0.235. The topological polar surface area (TPSA) is 64.1 Å². The molecule has 2 aromatic carbocycles. The molecule has 0 saturated heterocycles. The van der Waals surface area contributed by atoms with Crippen molar-refractivity contribution in [1.82, 2.24) is 15.3 Å². The van der Waals surface area contributed by atoms with Crippen LogP contribution in [0, 0.1) is 5.82 Å². The highest BCUT2D eigenvalue weighted by atomic mass is 79.9. The maximum atomic E-state index is 13.0. The van der Waals surface area contributed by atoms with E-state index in [1.165, 1.54) is 18.5 Å². The van der Waals surface area contributed by atoms with E-state index in [9.17, 15) is 9.18 Å². The summed E-state index contributed by atoms with van der Waals surface area (Å²) in [7, 11) is 1.54. The molecule has 0 aliphatic carbocycles. The second kappa shape index (κ2) is 8.05. The molecule has 0 aliphatic heterocycles. The van der Waals surface area contributed by atoms with Crippen LogP contribution in [0.15, 0.2) is 59.3 Å². The molecule has 0 aliphatic rings. The Kier molecular flexibility index (Phi) is 5.58. The Bertz CT molecular complexity index is 932. The number of nitrogens with zero attached hydrogens (tertiary/aromatic N) is 2. The van der Waals surface area contributed by atoms with Crippen molar-refractivity contribution < 1.29 is 13.9 Å². The maximum Gasteiger partial charge on any atom is 0.252 e. The molecule has 5 nitrogen and oxygen atoms in total. The summed E-state index contributed by atoms with van der Waals surface area (Å²) in [5.74, 6) is 0.0378. The number of rotatable bonds is 5. The number of ether oxygens (including phenoxy) is 1. The molecule has 3 rings (SSSR count). The van der Waals surface area contributed by atoms with E-state index < -0.39 is 0 Å². The summed E-state index contributed by atoms with van der Waals surface area (Å²) < 4.78 is 18.9. The molecule has 26 heavy (non-hydrogen) atoms. The Balaban J connectivity index is 1.73. The maximum absolute atomic E-state index is 13.0. The minimum Gasteiger partial charge on any atom is -0.497 e. The molecule has 0 saturated carbocycles. The second-order valence-corrected chi connectivity index (χ2v) is 6.28. The van der Waals surface area contributed by atoms with Crippen molar-refractivity contribution in [1.29, 1.82) is 0 Å². The molecule has 0 spiro atoms. The van der Waals surface area contributed by atoms with Crippen LogP contribution in [0.4, 0.5) is 4.39 Å². The molecular formula is C19H15BrFN3O2. The van der Waals surface area contributed by atoms with Gasteiger partial charge in [0.15, 0.2) is 0 Å². The summed E-state index contributed by atoms with van der Waals surface area (Å²) in [6.45, 7) is 0.235. The van der Waals surface area contributed by atoms with Crippen molar-refractivity contribution in [2.24, 2.45) is 0 Å². The largest absolute Gasteiger partial charge is 0.497 e. The fourth-order valence-electron chi connectivity index (χ4n) is 2.34. The third kappa shape index (κ3) is 4.23. The van der Waals surface area contributed by atoms with Gasteiger partial charge in [-0.2, -0.15) is 0 Å². The summed E-state index contributed by atoms with van der Waals surface area (Å²) in [5, 5.41) is 2.82.